The molecule has 1 atom stereocenters. The van der Waals surface area contributed by atoms with Crippen LogP contribution < -0.4 is 5.32 Å². The molecule has 0 bridgehead atoms. The van der Waals surface area contributed by atoms with Crippen molar-refractivity contribution >= 4 is 0 Å². The number of rotatable bonds is 5. The first-order valence-corrected chi connectivity index (χ1v) is 6.89. The molecule has 0 saturated heterocycles. The Balaban J connectivity index is 2.27. The van der Waals surface area contributed by atoms with Crippen LogP contribution in [0.5, 0.6) is 0 Å². The maximum absolute atomic E-state index is 6.15. The number of ether oxygens (including phenoxy) is 1. The van der Waals surface area contributed by atoms with Crippen molar-refractivity contribution in [1.29, 1.82) is 0 Å². The Hall–Kier alpha value is -1.00. The fourth-order valence-corrected chi connectivity index (χ4v) is 3.09. The quantitative estimate of drug-likeness (QED) is 0.871. The van der Waals surface area contributed by atoms with Crippen molar-refractivity contribution < 1.29 is 4.74 Å². The number of hydrogen-bond donors (Lipinski definition) is 1. The minimum absolute atomic E-state index is 0.113. The van der Waals surface area contributed by atoms with Crippen LogP contribution in [0.2, 0.25) is 0 Å². The number of aromatic nitrogens is 2. The summed E-state index contributed by atoms with van der Waals surface area (Å²) in [4.78, 5) is 8.63. The van der Waals surface area contributed by atoms with E-state index >= 15 is 0 Å². The normalized spacial score (nSPS) is 20.6. The average molecular weight is 249 g/mol. The summed E-state index contributed by atoms with van der Waals surface area (Å²) in [6.45, 7) is 2.82. The van der Waals surface area contributed by atoms with Crippen LogP contribution in [0.15, 0.2) is 18.6 Å². The van der Waals surface area contributed by atoms with E-state index in [2.05, 4.69) is 22.2 Å². The second-order valence-corrected chi connectivity index (χ2v) is 4.91. The van der Waals surface area contributed by atoms with Gasteiger partial charge in [-0.2, -0.15) is 0 Å². The van der Waals surface area contributed by atoms with Crippen LogP contribution in [0.3, 0.4) is 0 Å². The van der Waals surface area contributed by atoms with Crippen LogP contribution >= 0.6 is 0 Å². The van der Waals surface area contributed by atoms with Gasteiger partial charge in [-0.05, 0) is 26.8 Å². The van der Waals surface area contributed by atoms with Crippen LogP contribution in [-0.4, -0.2) is 29.2 Å². The van der Waals surface area contributed by atoms with Gasteiger partial charge in [0.2, 0.25) is 0 Å². The van der Waals surface area contributed by atoms with Crippen LogP contribution in [0.1, 0.15) is 50.8 Å². The van der Waals surface area contributed by atoms with Gasteiger partial charge in [0.25, 0.3) is 0 Å². The van der Waals surface area contributed by atoms with Crippen LogP contribution in [-0.2, 0) is 4.74 Å². The van der Waals surface area contributed by atoms with Crippen molar-refractivity contribution in [1.82, 2.24) is 15.3 Å². The summed E-state index contributed by atoms with van der Waals surface area (Å²) >= 11 is 0. The largest absolute Gasteiger partial charge is 0.373 e. The summed E-state index contributed by atoms with van der Waals surface area (Å²) in [7, 11) is 1.98. The van der Waals surface area contributed by atoms with Crippen molar-refractivity contribution in [2.75, 3.05) is 13.7 Å². The van der Waals surface area contributed by atoms with E-state index < -0.39 is 0 Å². The van der Waals surface area contributed by atoms with Gasteiger partial charge in [0, 0.05) is 19.0 Å². The molecule has 1 aliphatic rings. The maximum Gasteiger partial charge on any atom is 0.0892 e. The Kier molecular flexibility index (Phi) is 4.66. The van der Waals surface area contributed by atoms with Crippen molar-refractivity contribution in [2.24, 2.45) is 0 Å². The lowest BCUT2D eigenvalue weighted by molar-refractivity contribution is -0.0907. The predicted molar refractivity (Wildman–Crippen MR) is 71.3 cm³/mol. The lowest BCUT2D eigenvalue weighted by atomic mass is 9.78. The van der Waals surface area contributed by atoms with Crippen LogP contribution in [0.4, 0.5) is 0 Å². The number of likely N-dealkylation sites (N-methyl/N-ethyl adjacent to an activating group) is 1. The fraction of sp³-hybridized carbons (Fsp3) is 0.714. The zero-order valence-electron chi connectivity index (χ0n) is 11.4. The van der Waals surface area contributed by atoms with E-state index in [4.69, 9.17) is 4.74 Å². The first-order valence-electron chi connectivity index (χ1n) is 6.89. The molecule has 1 N–H and O–H groups in total. The van der Waals surface area contributed by atoms with Gasteiger partial charge in [-0.25, -0.2) is 0 Å². The smallest absolute Gasteiger partial charge is 0.0892 e. The molecule has 4 nitrogen and oxygen atoms in total. The molecule has 1 aliphatic carbocycles. The second-order valence-electron chi connectivity index (χ2n) is 4.91. The summed E-state index contributed by atoms with van der Waals surface area (Å²) in [6, 6.07) is 0.131. The third-order valence-corrected chi connectivity index (χ3v) is 3.83. The topological polar surface area (TPSA) is 47.0 Å². The molecule has 4 heteroatoms. The molecule has 100 valence electrons. The summed E-state index contributed by atoms with van der Waals surface area (Å²) in [5.74, 6) is 0. The standard InChI is InChI=1S/C14H23N3O/c1-3-18-14(7-5-4-6-8-14)13(15-2)12-11-16-9-10-17-12/h9-11,13,15H,3-8H2,1-2H3. The highest BCUT2D eigenvalue weighted by molar-refractivity contribution is 5.11. The highest BCUT2D eigenvalue weighted by atomic mass is 16.5. The molecule has 0 spiro atoms. The molecule has 1 fully saturated rings. The zero-order chi connectivity index (χ0) is 12.8. The molecule has 0 aliphatic heterocycles. The van der Waals surface area contributed by atoms with Crippen molar-refractivity contribution in [3.05, 3.63) is 24.3 Å². The van der Waals surface area contributed by atoms with Gasteiger partial charge in [0.15, 0.2) is 0 Å². The lowest BCUT2D eigenvalue weighted by Crippen LogP contribution is -2.47. The molecule has 1 saturated carbocycles. The molecule has 1 aromatic heterocycles. The van der Waals surface area contributed by atoms with E-state index in [9.17, 15) is 0 Å². The third kappa shape index (κ3) is 2.70. The molecule has 0 aromatic carbocycles. The van der Waals surface area contributed by atoms with E-state index in [1.165, 1.54) is 19.3 Å². The van der Waals surface area contributed by atoms with Gasteiger partial charge in [-0.3, -0.25) is 9.97 Å². The van der Waals surface area contributed by atoms with Crippen molar-refractivity contribution in [2.45, 2.75) is 50.7 Å². The molecule has 0 amide bonds. The number of hydrogen-bond acceptors (Lipinski definition) is 4. The predicted octanol–water partition coefficient (Wildman–Crippen LogP) is 2.48. The van der Waals surface area contributed by atoms with E-state index in [0.29, 0.717) is 0 Å². The zero-order valence-corrected chi connectivity index (χ0v) is 11.4. The van der Waals surface area contributed by atoms with E-state index in [-0.39, 0.29) is 11.6 Å². The van der Waals surface area contributed by atoms with E-state index in [1.54, 1.807) is 12.4 Å². The van der Waals surface area contributed by atoms with Gasteiger partial charge < -0.3 is 10.1 Å². The molecule has 18 heavy (non-hydrogen) atoms. The molecule has 1 unspecified atom stereocenters. The number of nitrogens with one attached hydrogen (secondary N) is 1. The Morgan fingerprint density at radius 1 is 1.33 bits per heavy atom. The molecule has 0 radical (unpaired) electrons. The van der Waals surface area contributed by atoms with Gasteiger partial charge >= 0.3 is 0 Å². The van der Waals surface area contributed by atoms with E-state index in [1.807, 2.05) is 13.2 Å². The molecular formula is C14H23N3O. The number of nitrogens with zero attached hydrogens (tertiary/aromatic N) is 2. The summed E-state index contributed by atoms with van der Waals surface area (Å²) in [5.41, 5.74) is 0.868. The third-order valence-electron chi connectivity index (χ3n) is 3.83. The first-order chi connectivity index (χ1) is 8.82. The maximum atomic E-state index is 6.15. The second kappa shape index (κ2) is 6.25. The van der Waals surface area contributed by atoms with Crippen molar-refractivity contribution in [3.63, 3.8) is 0 Å². The fourth-order valence-electron chi connectivity index (χ4n) is 3.09. The van der Waals surface area contributed by atoms with E-state index in [0.717, 1.165) is 25.1 Å². The Labute approximate surface area is 109 Å². The Morgan fingerprint density at radius 2 is 2.11 bits per heavy atom. The average Bonchev–Trinajstić information content (AvgIpc) is 2.42. The Morgan fingerprint density at radius 3 is 2.67 bits per heavy atom. The van der Waals surface area contributed by atoms with Gasteiger partial charge in [0.1, 0.15) is 0 Å². The van der Waals surface area contributed by atoms with Crippen molar-refractivity contribution in [3.8, 4) is 0 Å². The summed E-state index contributed by atoms with van der Waals surface area (Å²) in [6.07, 6.45) is 11.3. The van der Waals surface area contributed by atoms with Gasteiger partial charge in [-0.15, -0.1) is 0 Å². The minimum Gasteiger partial charge on any atom is -0.373 e. The van der Waals surface area contributed by atoms with Gasteiger partial charge in [-0.1, -0.05) is 19.3 Å². The summed E-state index contributed by atoms with van der Waals surface area (Å²) in [5, 5.41) is 3.39. The van der Waals surface area contributed by atoms with Crippen LogP contribution in [0, 0.1) is 0 Å². The highest BCUT2D eigenvalue weighted by Crippen LogP contribution is 2.40. The van der Waals surface area contributed by atoms with Gasteiger partial charge in [0.05, 0.1) is 23.5 Å². The Bertz CT molecular complexity index is 344. The molecule has 2 rings (SSSR count). The highest BCUT2D eigenvalue weighted by Gasteiger charge is 2.41. The minimum atomic E-state index is -0.113. The first kappa shape index (κ1) is 13.4. The van der Waals surface area contributed by atoms with Crippen LogP contribution in [0.25, 0.3) is 0 Å². The monoisotopic (exact) mass is 249 g/mol. The lowest BCUT2D eigenvalue weighted by Gasteiger charge is -2.42. The molecule has 1 aromatic rings. The summed E-state index contributed by atoms with van der Waals surface area (Å²) < 4.78 is 6.15. The molecular weight excluding hydrogens is 226 g/mol. The SMILES string of the molecule is CCOC1(C(NC)c2cnccn2)CCCCC1. The molecule has 1 heterocycles.